The molecule has 2 nitrogen and oxygen atoms in total. The van der Waals surface area contributed by atoms with Crippen molar-refractivity contribution in [1.82, 2.24) is 0 Å². The molecule has 0 aliphatic carbocycles. The van der Waals surface area contributed by atoms with Crippen LogP contribution in [-0.2, 0) is 12.8 Å². The zero-order chi connectivity index (χ0) is 14.1. The van der Waals surface area contributed by atoms with Crippen LogP contribution in [0.15, 0.2) is 48.5 Å². The average molecular weight is 280 g/mol. The minimum Gasteiger partial charge on any atom is -0.490 e. The van der Waals surface area contributed by atoms with Crippen LogP contribution < -0.4 is 9.47 Å². The molecule has 0 spiro atoms. The van der Waals surface area contributed by atoms with E-state index in [1.54, 1.807) is 0 Å². The van der Waals surface area contributed by atoms with Gasteiger partial charge in [-0.25, -0.2) is 0 Å². The minimum absolute atomic E-state index is 0.243. The van der Waals surface area contributed by atoms with Gasteiger partial charge in [0.2, 0.25) is 0 Å². The van der Waals surface area contributed by atoms with E-state index in [-0.39, 0.29) is 12.2 Å². The van der Waals surface area contributed by atoms with Gasteiger partial charge < -0.3 is 9.47 Å². The smallest absolute Gasteiger partial charge is 0.123 e. The van der Waals surface area contributed by atoms with Crippen molar-refractivity contribution in [3.05, 3.63) is 59.7 Å². The van der Waals surface area contributed by atoms with E-state index in [1.807, 2.05) is 0 Å². The highest BCUT2D eigenvalue weighted by atomic mass is 16.5. The summed E-state index contributed by atoms with van der Waals surface area (Å²) >= 11 is 0. The van der Waals surface area contributed by atoms with Crippen LogP contribution in [-0.4, -0.2) is 12.2 Å². The van der Waals surface area contributed by atoms with E-state index in [4.69, 9.17) is 9.47 Å². The highest BCUT2D eigenvalue weighted by Gasteiger charge is 2.25. The summed E-state index contributed by atoms with van der Waals surface area (Å²) in [4.78, 5) is 0. The Morgan fingerprint density at radius 2 is 1.14 bits per heavy atom. The minimum atomic E-state index is 0.243. The van der Waals surface area contributed by atoms with Crippen molar-refractivity contribution in [3.63, 3.8) is 0 Å². The molecule has 0 fully saturated rings. The first-order valence-corrected chi connectivity index (χ1v) is 7.87. The molecule has 2 atom stereocenters. The van der Waals surface area contributed by atoms with Gasteiger partial charge in [-0.15, -0.1) is 0 Å². The van der Waals surface area contributed by atoms with Crippen LogP contribution in [0.2, 0.25) is 0 Å². The summed E-state index contributed by atoms with van der Waals surface area (Å²) in [5.74, 6) is 2.08. The highest BCUT2D eigenvalue weighted by Crippen LogP contribution is 2.32. The maximum Gasteiger partial charge on any atom is 0.123 e. The Morgan fingerprint density at radius 3 is 1.67 bits per heavy atom. The molecule has 2 heteroatoms. The van der Waals surface area contributed by atoms with Gasteiger partial charge in [0, 0.05) is 12.8 Å². The third kappa shape index (κ3) is 2.63. The molecule has 0 N–H and O–H groups in total. The number of fused-ring (bicyclic) bond motifs is 6. The van der Waals surface area contributed by atoms with Crippen molar-refractivity contribution in [2.45, 2.75) is 44.3 Å². The monoisotopic (exact) mass is 280 g/mol. The molecule has 2 bridgehead atoms. The molecular weight excluding hydrogens is 260 g/mol. The third-order valence-electron chi connectivity index (χ3n) is 4.48. The first kappa shape index (κ1) is 12.8. The molecule has 2 aromatic rings. The van der Waals surface area contributed by atoms with Crippen molar-refractivity contribution in [3.8, 4) is 11.5 Å². The second kappa shape index (κ2) is 5.44. The Morgan fingerprint density at radius 1 is 0.667 bits per heavy atom. The number of rotatable bonds is 0. The zero-order valence-electron chi connectivity index (χ0n) is 12.1. The predicted molar refractivity (Wildman–Crippen MR) is 83.0 cm³/mol. The molecule has 0 radical (unpaired) electrons. The topological polar surface area (TPSA) is 18.5 Å². The maximum atomic E-state index is 6.34. The third-order valence-corrected chi connectivity index (χ3v) is 4.48. The van der Waals surface area contributed by atoms with Crippen molar-refractivity contribution in [2.75, 3.05) is 0 Å². The van der Waals surface area contributed by atoms with E-state index in [0.29, 0.717) is 0 Å². The van der Waals surface area contributed by atoms with Crippen LogP contribution in [0.5, 0.6) is 11.5 Å². The van der Waals surface area contributed by atoms with Crippen LogP contribution in [0.3, 0.4) is 0 Å². The van der Waals surface area contributed by atoms with E-state index < -0.39 is 0 Å². The average Bonchev–Trinajstić information content (AvgIpc) is 2.63. The number of hydrogen-bond acceptors (Lipinski definition) is 2. The van der Waals surface area contributed by atoms with Crippen LogP contribution in [0.1, 0.15) is 30.4 Å². The molecule has 2 heterocycles. The Balaban J connectivity index is 1.78. The van der Waals surface area contributed by atoms with Gasteiger partial charge >= 0.3 is 0 Å². The van der Waals surface area contributed by atoms with Gasteiger partial charge in [0.25, 0.3) is 0 Å². The molecule has 2 aliphatic heterocycles. The fraction of sp³-hybridized carbons (Fsp3) is 0.368. The Bertz CT molecular complexity index is 529. The number of benzene rings is 2. The summed E-state index contributed by atoms with van der Waals surface area (Å²) in [6.45, 7) is 0. The van der Waals surface area contributed by atoms with E-state index in [9.17, 15) is 0 Å². The molecule has 0 amide bonds. The SMILES string of the molecule is c1ccc2c(c1)C[C@H]1CCCC(Cc3ccccc3O1)O2. The molecule has 2 aromatic carbocycles. The lowest BCUT2D eigenvalue weighted by molar-refractivity contribution is 0.187. The molecule has 21 heavy (non-hydrogen) atoms. The molecule has 0 saturated carbocycles. The van der Waals surface area contributed by atoms with Gasteiger partial charge in [-0.05, 0) is 42.5 Å². The quantitative estimate of drug-likeness (QED) is 0.721. The van der Waals surface area contributed by atoms with Gasteiger partial charge in [-0.2, -0.15) is 0 Å². The molecule has 4 rings (SSSR count). The molecular formula is C19H20O2. The summed E-state index contributed by atoms with van der Waals surface area (Å²) in [7, 11) is 0. The first-order valence-electron chi connectivity index (χ1n) is 7.87. The van der Waals surface area contributed by atoms with Gasteiger partial charge in [-0.1, -0.05) is 36.4 Å². The lowest BCUT2D eigenvalue weighted by Gasteiger charge is -2.24. The van der Waals surface area contributed by atoms with Crippen molar-refractivity contribution in [1.29, 1.82) is 0 Å². The summed E-state index contributed by atoms with van der Waals surface area (Å²) in [5.41, 5.74) is 2.54. The second-order valence-electron chi connectivity index (χ2n) is 6.03. The Hall–Kier alpha value is -1.96. The van der Waals surface area contributed by atoms with Crippen LogP contribution in [0.4, 0.5) is 0 Å². The van der Waals surface area contributed by atoms with Gasteiger partial charge in [-0.3, -0.25) is 0 Å². The molecule has 1 unspecified atom stereocenters. The predicted octanol–water partition coefficient (Wildman–Crippen LogP) is 4.16. The van der Waals surface area contributed by atoms with E-state index in [2.05, 4.69) is 48.5 Å². The number of hydrogen-bond donors (Lipinski definition) is 0. The number of ether oxygens (including phenoxy) is 2. The summed E-state index contributed by atoms with van der Waals surface area (Å²) < 4.78 is 12.7. The lowest BCUT2D eigenvalue weighted by atomic mass is 10.0. The summed E-state index contributed by atoms with van der Waals surface area (Å²) in [6.07, 6.45) is 5.71. The Kier molecular flexibility index (Phi) is 3.30. The van der Waals surface area contributed by atoms with E-state index >= 15 is 0 Å². The standard InChI is InChI=1S/C19H20O2/c1-3-10-18-14(6-1)12-16-8-5-9-17(20-18)13-15-7-2-4-11-19(15)21-16/h1-4,6-7,10-11,16-17H,5,8-9,12-13H2/t16-,17?/m1/s1. The summed E-state index contributed by atoms with van der Waals surface area (Å²) in [5, 5.41) is 0. The van der Waals surface area contributed by atoms with Crippen molar-refractivity contribution < 1.29 is 9.47 Å². The normalized spacial score (nSPS) is 24.0. The van der Waals surface area contributed by atoms with Gasteiger partial charge in [0.15, 0.2) is 0 Å². The van der Waals surface area contributed by atoms with Crippen LogP contribution in [0.25, 0.3) is 0 Å². The first-order chi connectivity index (χ1) is 10.4. The molecule has 0 saturated heterocycles. The highest BCUT2D eigenvalue weighted by molar-refractivity contribution is 5.38. The lowest BCUT2D eigenvalue weighted by Crippen LogP contribution is -2.22. The number of para-hydroxylation sites is 2. The summed E-state index contributed by atoms with van der Waals surface area (Å²) in [6, 6.07) is 16.8. The largest absolute Gasteiger partial charge is 0.490 e. The Labute approximate surface area is 125 Å². The molecule has 2 aliphatic rings. The van der Waals surface area contributed by atoms with Gasteiger partial charge in [0.05, 0.1) is 0 Å². The van der Waals surface area contributed by atoms with Crippen LogP contribution >= 0.6 is 0 Å². The van der Waals surface area contributed by atoms with E-state index in [1.165, 1.54) is 11.1 Å². The second-order valence-corrected chi connectivity index (χ2v) is 6.03. The van der Waals surface area contributed by atoms with E-state index in [0.717, 1.165) is 43.6 Å². The van der Waals surface area contributed by atoms with Crippen molar-refractivity contribution >= 4 is 0 Å². The fourth-order valence-corrected chi connectivity index (χ4v) is 3.40. The molecule has 0 aromatic heterocycles. The maximum absolute atomic E-state index is 6.34. The molecule has 108 valence electrons. The van der Waals surface area contributed by atoms with Gasteiger partial charge in [0.1, 0.15) is 23.7 Å². The zero-order valence-corrected chi connectivity index (χ0v) is 12.1. The van der Waals surface area contributed by atoms with Crippen LogP contribution in [0, 0.1) is 0 Å². The van der Waals surface area contributed by atoms with Crippen molar-refractivity contribution in [2.24, 2.45) is 0 Å². The fourth-order valence-electron chi connectivity index (χ4n) is 3.40.